The van der Waals surface area contributed by atoms with Gasteiger partial charge in [0, 0.05) is 11.9 Å². The van der Waals surface area contributed by atoms with E-state index in [2.05, 4.69) is 10.3 Å². The summed E-state index contributed by atoms with van der Waals surface area (Å²) >= 11 is 0. The van der Waals surface area contributed by atoms with E-state index >= 15 is 0 Å². The van der Waals surface area contributed by atoms with Gasteiger partial charge in [-0.2, -0.15) is 0 Å². The molecule has 4 nitrogen and oxygen atoms in total. The number of aromatic nitrogens is 1. The van der Waals surface area contributed by atoms with Crippen LogP contribution in [0.1, 0.15) is 15.9 Å². The van der Waals surface area contributed by atoms with E-state index in [0.29, 0.717) is 11.3 Å². The molecule has 18 heavy (non-hydrogen) atoms. The Hall–Kier alpha value is -2.27. The molecule has 0 saturated heterocycles. The monoisotopic (exact) mass is 246 g/mol. The Bertz CT molecular complexity index is 572. The molecule has 1 aromatic carbocycles. The summed E-state index contributed by atoms with van der Waals surface area (Å²) in [6, 6.07) is 7.89. The Kier molecular flexibility index (Phi) is 3.64. The first-order valence-electron chi connectivity index (χ1n) is 5.31. The number of halogens is 1. The van der Waals surface area contributed by atoms with E-state index < -0.39 is 11.7 Å². The minimum Gasteiger partial charge on any atom is -0.392 e. The predicted octanol–water partition coefficient (Wildman–Crippen LogP) is 1.97. The molecule has 2 aromatic rings. The second-order valence-electron chi connectivity index (χ2n) is 3.70. The van der Waals surface area contributed by atoms with Gasteiger partial charge in [0.05, 0.1) is 18.4 Å². The highest BCUT2D eigenvalue weighted by molar-refractivity contribution is 6.04. The molecule has 0 aliphatic carbocycles. The first-order chi connectivity index (χ1) is 8.69. The smallest absolute Gasteiger partial charge is 0.257 e. The molecule has 1 amide bonds. The fraction of sp³-hybridized carbons (Fsp3) is 0.0769. The van der Waals surface area contributed by atoms with Crippen LogP contribution < -0.4 is 5.32 Å². The number of hydrogen-bond acceptors (Lipinski definition) is 3. The second-order valence-corrected chi connectivity index (χ2v) is 3.70. The van der Waals surface area contributed by atoms with Crippen molar-refractivity contribution in [3.63, 3.8) is 0 Å². The van der Waals surface area contributed by atoms with E-state index in [4.69, 9.17) is 5.11 Å². The van der Waals surface area contributed by atoms with Gasteiger partial charge in [0.25, 0.3) is 5.91 Å². The number of nitrogens with zero attached hydrogens (tertiary/aromatic N) is 1. The summed E-state index contributed by atoms with van der Waals surface area (Å²) in [6.45, 7) is -0.106. The quantitative estimate of drug-likeness (QED) is 0.870. The molecule has 92 valence electrons. The highest BCUT2D eigenvalue weighted by Gasteiger charge is 2.07. The van der Waals surface area contributed by atoms with Crippen LogP contribution in [0, 0.1) is 5.82 Å². The number of hydrogen-bond donors (Lipinski definition) is 2. The average Bonchev–Trinajstić information content (AvgIpc) is 2.39. The zero-order valence-corrected chi connectivity index (χ0v) is 9.43. The van der Waals surface area contributed by atoms with Crippen LogP contribution in [0.25, 0.3) is 0 Å². The van der Waals surface area contributed by atoms with Gasteiger partial charge in [-0.1, -0.05) is 12.1 Å². The van der Waals surface area contributed by atoms with Crippen molar-refractivity contribution in [2.45, 2.75) is 6.61 Å². The van der Waals surface area contributed by atoms with Crippen LogP contribution in [-0.4, -0.2) is 16.0 Å². The predicted molar refractivity (Wildman–Crippen MR) is 64.5 cm³/mol. The molecule has 0 radical (unpaired) electrons. The lowest BCUT2D eigenvalue weighted by molar-refractivity contribution is 0.102. The van der Waals surface area contributed by atoms with Crippen molar-refractivity contribution >= 4 is 11.6 Å². The Morgan fingerprint density at radius 2 is 2.17 bits per heavy atom. The van der Waals surface area contributed by atoms with Crippen LogP contribution in [0.2, 0.25) is 0 Å². The molecule has 2 rings (SSSR count). The van der Waals surface area contributed by atoms with E-state index in [1.54, 1.807) is 24.3 Å². The summed E-state index contributed by atoms with van der Waals surface area (Å²) in [5, 5.41) is 11.6. The van der Waals surface area contributed by atoms with E-state index in [9.17, 15) is 9.18 Å². The van der Waals surface area contributed by atoms with Gasteiger partial charge in [-0.3, -0.25) is 9.78 Å². The SMILES string of the molecule is O=C(Nc1cccc(CO)c1)c1cncc(F)c1. The van der Waals surface area contributed by atoms with Gasteiger partial charge in [-0.05, 0) is 23.8 Å². The molecule has 5 heteroatoms. The Morgan fingerprint density at radius 3 is 2.89 bits per heavy atom. The molecule has 1 aromatic heterocycles. The van der Waals surface area contributed by atoms with E-state index in [0.717, 1.165) is 12.3 Å². The largest absolute Gasteiger partial charge is 0.392 e. The molecular formula is C13H11FN2O2. The zero-order chi connectivity index (χ0) is 13.0. The number of aliphatic hydroxyl groups excluding tert-OH is 1. The molecular weight excluding hydrogens is 235 g/mol. The standard InChI is InChI=1S/C13H11FN2O2/c14-11-5-10(6-15-7-11)13(18)16-12-3-1-2-9(4-12)8-17/h1-7,17H,8H2,(H,16,18). The molecule has 0 saturated carbocycles. The number of anilines is 1. The lowest BCUT2D eigenvalue weighted by Gasteiger charge is -2.06. The summed E-state index contributed by atoms with van der Waals surface area (Å²) in [4.78, 5) is 15.4. The third-order valence-corrected chi connectivity index (χ3v) is 2.33. The summed E-state index contributed by atoms with van der Waals surface area (Å²) in [5.74, 6) is -1.01. The van der Waals surface area contributed by atoms with E-state index in [1.165, 1.54) is 6.20 Å². The number of benzene rings is 1. The van der Waals surface area contributed by atoms with Gasteiger partial charge in [-0.15, -0.1) is 0 Å². The minimum atomic E-state index is -0.563. The number of carbonyl (C=O) groups excluding carboxylic acids is 1. The van der Waals surface area contributed by atoms with Crippen molar-refractivity contribution in [1.29, 1.82) is 0 Å². The third kappa shape index (κ3) is 2.89. The maximum Gasteiger partial charge on any atom is 0.257 e. The maximum absolute atomic E-state index is 12.9. The first-order valence-corrected chi connectivity index (χ1v) is 5.31. The van der Waals surface area contributed by atoms with Gasteiger partial charge in [0.2, 0.25) is 0 Å². The van der Waals surface area contributed by atoms with Crippen LogP contribution in [0.3, 0.4) is 0 Å². The molecule has 2 N–H and O–H groups in total. The van der Waals surface area contributed by atoms with E-state index in [1.807, 2.05) is 0 Å². The topological polar surface area (TPSA) is 62.2 Å². The highest BCUT2D eigenvalue weighted by Crippen LogP contribution is 2.12. The van der Waals surface area contributed by atoms with Crippen molar-refractivity contribution in [3.8, 4) is 0 Å². The summed E-state index contributed by atoms with van der Waals surface area (Å²) in [5.41, 5.74) is 1.37. The Balaban J connectivity index is 2.16. The molecule has 0 aliphatic heterocycles. The second kappa shape index (κ2) is 5.37. The van der Waals surface area contributed by atoms with Crippen molar-refractivity contribution in [2.24, 2.45) is 0 Å². The number of rotatable bonds is 3. The summed E-state index contributed by atoms with van der Waals surface area (Å²) in [6.07, 6.45) is 2.32. The lowest BCUT2D eigenvalue weighted by atomic mass is 10.2. The summed E-state index contributed by atoms with van der Waals surface area (Å²) in [7, 11) is 0. The zero-order valence-electron chi connectivity index (χ0n) is 9.43. The molecule has 0 fully saturated rings. The van der Waals surface area contributed by atoms with Gasteiger partial charge < -0.3 is 10.4 Å². The molecule has 0 aliphatic rings. The fourth-order valence-electron chi connectivity index (χ4n) is 1.49. The van der Waals surface area contributed by atoms with Crippen LogP contribution in [0.5, 0.6) is 0 Å². The van der Waals surface area contributed by atoms with Crippen LogP contribution >= 0.6 is 0 Å². The number of pyridine rings is 1. The number of carbonyl (C=O) groups is 1. The van der Waals surface area contributed by atoms with Crippen LogP contribution in [-0.2, 0) is 6.61 Å². The van der Waals surface area contributed by atoms with Gasteiger partial charge >= 0.3 is 0 Å². The normalized spacial score (nSPS) is 10.1. The van der Waals surface area contributed by atoms with E-state index in [-0.39, 0.29) is 12.2 Å². The van der Waals surface area contributed by atoms with Crippen LogP contribution in [0.15, 0.2) is 42.7 Å². The van der Waals surface area contributed by atoms with Crippen molar-refractivity contribution < 1.29 is 14.3 Å². The maximum atomic E-state index is 12.9. The average molecular weight is 246 g/mol. The van der Waals surface area contributed by atoms with Crippen molar-refractivity contribution in [2.75, 3.05) is 5.32 Å². The van der Waals surface area contributed by atoms with Gasteiger partial charge in [0.1, 0.15) is 5.82 Å². The molecule has 0 unspecified atom stereocenters. The fourth-order valence-corrected chi connectivity index (χ4v) is 1.49. The third-order valence-electron chi connectivity index (χ3n) is 2.33. The molecule has 0 spiro atoms. The number of amides is 1. The molecule has 0 bridgehead atoms. The first kappa shape index (κ1) is 12.2. The van der Waals surface area contributed by atoms with Crippen LogP contribution in [0.4, 0.5) is 10.1 Å². The van der Waals surface area contributed by atoms with Crippen molar-refractivity contribution in [1.82, 2.24) is 4.98 Å². The van der Waals surface area contributed by atoms with Crippen molar-refractivity contribution in [3.05, 3.63) is 59.7 Å². The molecule has 0 atom stereocenters. The highest BCUT2D eigenvalue weighted by atomic mass is 19.1. The Labute approximate surface area is 103 Å². The number of aliphatic hydroxyl groups is 1. The lowest BCUT2D eigenvalue weighted by Crippen LogP contribution is -2.12. The Morgan fingerprint density at radius 1 is 1.33 bits per heavy atom. The number of nitrogens with one attached hydrogen (secondary N) is 1. The minimum absolute atomic E-state index is 0.106. The summed E-state index contributed by atoms with van der Waals surface area (Å²) < 4.78 is 12.9. The van der Waals surface area contributed by atoms with Gasteiger partial charge in [0.15, 0.2) is 0 Å². The van der Waals surface area contributed by atoms with Gasteiger partial charge in [-0.25, -0.2) is 4.39 Å². The molecule has 1 heterocycles.